The van der Waals surface area contributed by atoms with Crippen LogP contribution in [0.2, 0.25) is 0 Å². The summed E-state index contributed by atoms with van der Waals surface area (Å²) < 4.78 is 1.91. The predicted octanol–water partition coefficient (Wildman–Crippen LogP) is 1.06. The lowest BCUT2D eigenvalue weighted by Gasteiger charge is -2.11. The molecule has 0 aliphatic rings. The van der Waals surface area contributed by atoms with Gasteiger partial charge in [-0.15, -0.1) is 0 Å². The summed E-state index contributed by atoms with van der Waals surface area (Å²) in [6.07, 6.45) is 2.10. The van der Waals surface area contributed by atoms with E-state index in [0.29, 0.717) is 0 Å². The van der Waals surface area contributed by atoms with Crippen LogP contribution in [-0.4, -0.2) is 41.3 Å². The quantitative estimate of drug-likeness (QED) is 0.477. The van der Waals surface area contributed by atoms with E-state index in [-0.39, 0.29) is 0 Å². The van der Waals surface area contributed by atoms with Gasteiger partial charge in [0.25, 0.3) is 0 Å². The average molecular weight is 269 g/mol. The third-order valence-corrected chi connectivity index (χ3v) is 3.53. The van der Waals surface area contributed by atoms with Crippen molar-refractivity contribution in [2.45, 2.75) is 20.4 Å². The molecule has 0 radical (unpaired) electrons. The molecule has 0 saturated heterocycles. The van der Waals surface area contributed by atoms with Crippen LogP contribution in [0.5, 0.6) is 0 Å². The summed E-state index contributed by atoms with van der Waals surface area (Å²) in [7, 11) is 3.76. The van der Waals surface area contributed by atoms with Crippen LogP contribution >= 0.6 is 11.8 Å². The van der Waals surface area contributed by atoms with Crippen LogP contribution in [0, 0.1) is 13.8 Å². The summed E-state index contributed by atoms with van der Waals surface area (Å²) in [6.45, 7) is 5.80. The Bertz CT molecular complexity index is 411. The van der Waals surface area contributed by atoms with Crippen molar-refractivity contribution >= 4 is 17.7 Å². The summed E-state index contributed by atoms with van der Waals surface area (Å²) in [4.78, 5) is 4.20. The second kappa shape index (κ2) is 7.31. The molecule has 0 spiro atoms. The highest BCUT2D eigenvalue weighted by Crippen LogP contribution is 2.10. The van der Waals surface area contributed by atoms with Gasteiger partial charge < -0.3 is 10.6 Å². The smallest absolute Gasteiger partial charge is 0.191 e. The topological polar surface area (TPSA) is 54.2 Å². The molecule has 1 aromatic rings. The van der Waals surface area contributed by atoms with Gasteiger partial charge in [-0.3, -0.25) is 9.67 Å². The minimum atomic E-state index is 0.754. The Labute approximate surface area is 113 Å². The second-order valence-corrected chi connectivity index (χ2v) is 5.10. The van der Waals surface area contributed by atoms with Crippen LogP contribution in [0.1, 0.15) is 17.0 Å². The maximum Gasteiger partial charge on any atom is 0.191 e. The molecule has 0 bridgehead atoms. The van der Waals surface area contributed by atoms with Gasteiger partial charge in [0.05, 0.1) is 5.69 Å². The first-order valence-corrected chi connectivity index (χ1v) is 7.42. The van der Waals surface area contributed by atoms with Gasteiger partial charge in [0.1, 0.15) is 0 Å². The van der Waals surface area contributed by atoms with E-state index in [1.165, 1.54) is 11.3 Å². The molecule has 18 heavy (non-hydrogen) atoms. The van der Waals surface area contributed by atoms with Crippen molar-refractivity contribution in [3.8, 4) is 0 Å². The van der Waals surface area contributed by atoms with Crippen molar-refractivity contribution in [1.29, 1.82) is 0 Å². The van der Waals surface area contributed by atoms with Crippen molar-refractivity contribution in [2.24, 2.45) is 12.0 Å². The predicted molar refractivity (Wildman–Crippen MR) is 79.3 cm³/mol. The summed E-state index contributed by atoms with van der Waals surface area (Å²) in [5, 5.41) is 11.0. The molecule has 0 aromatic carbocycles. The fourth-order valence-corrected chi connectivity index (χ4v) is 2.04. The summed E-state index contributed by atoms with van der Waals surface area (Å²) in [5.74, 6) is 1.91. The Balaban J connectivity index is 2.52. The lowest BCUT2D eigenvalue weighted by Crippen LogP contribution is -2.38. The molecule has 0 atom stereocenters. The molecular formula is C12H23N5S. The highest BCUT2D eigenvalue weighted by Gasteiger charge is 2.09. The van der Waals surface area contributed by atoms with Crippen molar-refractivity contribution in [3.05, 3.63) is 17.0 Å². The Kier molecular flexibility index (Phi) is 6.04. The minimum Gasteiger partial charge on any atom is -0.356 e. The van der Waals surface area contributed by atoms with Crippen LogP contribution in [-0.2, 0) is 13.6 Å². The maximum atomic E-state index is 4.40. The molecule has 0 aliphatic carbocycles. The van der Waals surface area contributed by atoms with E-state index in [1.807, 2.05) is 30.4 Å². The number of aryl methyl sites for hydroxylation is 2. The number of aromatic nitrogens is 2. The SMILES string of the molecule is CN=C(NCCSC)NCc1c(C)nn(C)c1C. The number of rotatable bonds is 5. The molecule has 1 aromatic heterocycles. The zero-order valence-corrected chi connectivity index (χ0v) is 12.7. The van der Waals surface area contributed by atoms with Gasteiger partial charge in [0, 0.05) is 44.2 Å². The first-order valence-electron chi connectivity index (χ1n) is 6.02. The molecule has 0 aliphatic heterocycles. The average Bonchev–Trinajstić information content (AvgIpc) is 2.59. The van der Waals surface area contributed by atoms with E-state index in [9.17, 15) is 0 Å². The number of guanidine groups is 1. The van der Waals surface area contributed by atoms with Crippen LogP contribution in [0.3, 0.4) is 0 Å². The van der Waals surface area contributed by atoms with Crippen LogP contribution in [0.4, 0.5) is 0 Å². The molecule has 0 unspecified atom stereocenters. The molecule has 0 saturated carbocycles. The van der Waals surface area contributed by atoms with Crippen molar-refractivity contribution < 1.29 is 0 Å². The standard InChI is InChI=1S/C12H23N5S/c1-9-11(10(2)17(4)16-9)8-15-12(13-3)14-6-7-18-5/h6-8H2,1-5H3,(H2,13,14,15). The van der Waals surface area contributed by atoms with Crippen LogP contribution in [0.25, 0.3) is 0 Å². The van der Waals surface area contributed by atoms with E-state index in [4.69, 9.17) is 0 Å². The van der Waals surface area contributed by atoms with Crippen molar-refractivity contribution in [3.63, 3.8) is 0 Å². The molecule has 6 heteroatoms. The lowest BCUT2D eigenvalue weighted by molar-refractivity contribution is 0.729. The number of nitrogens with zero attached hydrogens (tertiary/aromatic N) is 3. The van der Waals surface area contributed by atoms with Crippen molar-refractivity contribution in [1.82, 2.24) is 20.4 Å². The molecular weight excluding hydrogens is 246 g/mol. The van der Waals surface area contributed by atoms with E-state index in [1.54, 1.807) is 7.05 Å². The van der Waals surface area contributed by atoms with E-state index < -0.39 is 0 Å². The lowest BCUT2D eigenvalue weighted by atomic mass is 10.2. The monoisotopic (exact) mass is 269 g/mol. The number of hydrogen-bond acceptors (Lipinski definition) is 3. The molecule has 1 heterocycles. The highest BCUT2D eigenvalue weighted by molar-refractivity contribution is 7.98. The Morgan fingerprint density at radius 2 is 2.11 bits per heavy atom. The minimum absolute atomic E-state index is 0.754. The van der Waals surface area contributed by atoms with Gasteiger partial charge in [-0.05, 0) is 20.1 Å². The molecule has 102 valence electrons. The number of hydrogen-bond donors (Lipinski definition) is 2. The highest BCUT2D eigenvalue weighted by atomic mass is 32.2. The molecule has 0 amide bonds. The normalized spacial score (nSPS) is 11.7. The molecule has 2 N–H and O–H groups in total. The third kappa shape index (κ3) is 3.94. The third-order valence-electron chi connectivity index (χ3n) is 2.91. The van der Waals surface area contributed by atoms with Crippen LogP contribution < -0.4 is 10.6 Å². The fraction of sp³-hybridized carbons (Fsp3) is 0.667. The van der Waals surface area contributed by atoms with Crippen LogP contribution in [0.15, 0.2) is 4.99 Å². The number of thioether (sulfide) groups is 1. The van der Waals surface area contributed by atoms with Gasteiger partial charge in [-0.25, -0.2) is 0 Å². The largest absolute Gasteiger partial charge is 0.356 e. The van der Waals surface area contributed by atoms with Gasteiger partial charge in [0.2, 0.25) is 0 Å². The fourth-order valence-electron chi connectivity index (χ4n) is 1.74. The Morgan fingerprint density at radius 3 is 2.61 bits per heavy atom. The second-order valence-electron chi connectivity index (χ2n) is 4.12. The Morgan fingerprint density at radius 1 is 1.39 bits per heavy atom. The summed E-state index contributed by atoms with van der Waals surface area (Å²) >= 11 is 1.82. The molecule has 5 nitrogen and oxygen atoms in total. The van der Waals surface area contributed by atoms with Gasteiger partial charge in [-0.2, -0.15) is 16.9 Å². The Hall–Kier alpha value is -1.17. The number of aliphatic imine (C=N–C) groups is 1. The molecule has 0 fully saturated rings. The van der Waals surface area contributed by atoms with Crippen molar-refractivity contribution in [2.75, 3.05) is 25.6 Å². The van der Waals surface area contributed by atoms with E-state index in [0.717, 1.165) is 30.5 Å². The zero-order valence-electron chi connectivity index (χ0n) is 11.9. The van der Waals surface area contributed by atoms with E-state index >= 15 is 0 Å². The zero-order chi connectivity index (χ0) is 13.5. The molecule has 1 rings (SSSR count). The maximum absolute atomic E-state index is 4.40. The summed E-state index contributed by atoms with van der Waals surface area (Å²) in [5.41, 5.74) is 3.51. The van der Waals surface area contributed by atoms with Gasteiger partial charge in [0.15, 0.2) is 5.96 Å². The van der Waals surface area contributed by atoms with Gasteiger partial charge in [-0.1, -0.05) is 0 Å². The first-order chi connectivity index (χ1) is 8.60. The number of nitrogens with one attached hydrogen (secondary N) is 2. The summed E-state index contributed by atoms with van der Waals surface area (Å²) in [6, 6.07) is 0. The van der Waals surface area contributed by atoms with Gasteiger partial charge >= 0.3 is 0 Å². The van der Waals surface area contributed by atoms with E-state index in [2.05, 4.69) is 33.9 Å². The first kappa shape index (κ1) is 14.9.